The zero-order valence-electron chi connectivity index (χ0n) is 14.3. The predicted octanol–water partition coefficient (Wildman–Crippen LogP) is 6.20. The number of aromatic nitrogens is 2. The lowest BCUT2D eigenvalue weighted by Gasteiger charge is -2.09. The molecule has 0 aliphatic rings. The van der Waals surface area contributed by atoms with Crippen molar-refractivity contribution in [2.45, 2.75) is 52.0 Å². The van der Waals surface area contributed by atoms with Crippen LogP contribution in [0, 0.1) is 5.82 Å². The third-order valence-electron chi connectivity index (χ3n) is 4.49. The molecule has 0 aliphatic carbocycles. The van der Waals surface area contributed by atoms with E-state index in [-0.39, 0.29) is 5.82 Å². The number of imidazole rings is 1. The van der Waals surface area contributed by atoms with Gasteiger partial charge < -0.3 is 4.57 Å². The smallest absolute Gasteiger partial charge is 0.141 e. The summed E-state index contributed by atoms with van der Waals surface area (Å²) in [6, 6.07) is 14.9. The van der Waals surface area contributed by atoms with Crippen LogP contribution >= 0.6 is 0 Å². The van der Waals surface area contributed by atoms with Crippen LogP contribution in [0.4, 0.5) is 4.39 Å². The van der Waals surface area contributed by atoms with Gasteiger partial charge in [-0.25, -0.2) is 9.37 Å². The molecule has 0 radical (unpaired) electrons. The SMILES string of the molecule is CCCCCCCCn1c(-c2ccc(F)cc2)nc2ccccc21. The second-order valence-electron chi connectivity index (χ2n) is 6.35. The Hall–Kier alpha value is -2.16. The van der Waals surface area contributed by atoms with Gasteiger partial charge in [-0.3, -0.25) is 0 Å². The molecular weight excluding hydrogens is 299 g/mol. The van der Waals surface area contributed by atoms with E-state index in [1.54, 1.807) is 0 Å². The van der Waals surface area contributed by atoms with Crippen molar-refractivity contribution in [3.8, 4) is 11.4 Å². The summed E-state index contributed by atoms with van der Waals surface area (Å²) in [4.78, 5) is 4.78. The largest absolute Gasteiger partial charge is 0.324 e. The molecule has 1 heterocycles. The Kier molecular flexibility index (Phi) is 5.63. The number of hydrogen-bond donors (Lipinski definition) is 0. The third kappa shape index (κ3) is 3.84. The van der Waals surface area contributed by atoms with Crippen LogP contribution in [0.3, 0.4) is 0 Å². The molecule has 1 aromatic heterocycles. The van der Waals surface area contributed by atoms with E-state index in [4.69, 9.17) is 4.98 Å². The summed E-state index contributed by atoms with van der Waals surface area (Å²) in [6.45, 7) is 3.20. The number of fused-ring (bicyclic) bond motifs is 1. The van der Waals surface area contributed by atoms with E-state index in [0.717, 1.165) is 35.4 Å². The highest BCUT2D eigenvalue weighted by atomic mass is 19.1. The number of halogens is 1. The van der Waals surface area contributed by atoms with Crippen molar-refractivity contribution in [2.24, 2.45) is 0 Å². The lowest BCUT2D eigenvalue weighted by molar-refractivity contribution is 0.566. The first-order valence-electron chi connectivity index (χ1n) is 9.01. The highest BCUT2D eigenvalue weighted by Crippen LogP contribution is 2.25. The molecule has 0 bridgehead atoms. The first kappa shape index (κ1) is 16.7. The van der Waals surface area contributed by atoms with Crippen LogP contribution in [-0.4, -0.2) is 9.55 Å². The highest BCUT2D eigenvalue weighted by Gasteiger charge is 2.12. The van der Waals surface area contributed by atoms with Crippen molar-refractivity contribution in [2.75, 3.05) is 0 Å². The Morgan fingerprint density at radius 2 is 1.58 bits per heavy atom. The molecule has 3 heteroatoms. The molecule has 0 atom stereocenters. The zero-order chi connectivity index (χ0) is 16.8. The van der Waals surface area contributed by atoms with Gasteiger partial charge in [0.15, 0.2) is 0 Å². The van der Waals surface area contributed by atoms with Gasteiger partial charge in [0.25, 0.3) is 0 Å². The number of unbranched alkanes of at least 4 members (excludes halogenated alkanes) is 5. The second kappa shape index (κ2) is 8.09. The molecule has 0 amide bonds. The minimum Gasteiger partial charge on any atom is -0.324 e. The second-order valence-corrected chi connectivity index (χ2v) is 6.35. The molecule has 0 N–H and O–H groups in total. The summed E-state index contributed by atoms with van der Waals surface area (Å²) in [7, 11) is 0. The van der Waals surface area contributed by atoms with Crippen LogP contribution < -0.4 is 0 Å². The Balaban J connectivity index is 1.81. The van der Waals surface area contributed by atoms with Gasteiger partial charge in [0.2, 0.25) is 0 Å². The van der Waals surface area contributed by atoms with Crippen molar-refractivity contribution in [1.82, 2.24) is 9.55 Å². The number of rotatable bonds is 8. The topological polar surface area (TPSA) is 17.8 Å². The van der Waals surface area contributed by atoms with E-state index in [0.29, 0.717) is 0 Å². The monoisotopic (exact) mass is 324 g/mol. The molecule has 0 unspecified atom stereocenters. The first-order chi connectivity index (χ1) is 11.8. The fraction of sp³-hybridized carbons (Fsp3) is 0.381. The maximum absolute atomic E-state index is 13.2. The van der Waals surface area contributed by atoms with Crippen molar-refractivity contribution >= 4 is 11.0 Å². The first-order valence-corrected chi connectivity index (χ1v) is 9.01. The van der Waals surface area contributed by atoms with E-state index in [2.05, 4.69) is 23.6 Å². The van der Waals surface area contributed by atoms with Gasteiger partial charge in [0, 0.05) is 12.1 Å². The minimum absolute atomic E-state index is 0.211. The molecule has 126 valence electrons. The summed E-state index contributed by atoms with van der Waals surface area (Å²) in [5.41, 5.74) is 3.13. The fourth-order valence-corrected chi connectivity index (χ4v) is 3.17. The number of nitrogens with zero attached hydrogens (tertiary/aromatic N) is 2. The molecule has 0 saturated carbocycles. The molecular formula is C21H25FN2. The van der Waals surface area contributed by atoms with Gasteiger partial charge in [-0.05, 0) is 42.8 Å². The van der Waals surface area contributed by atoms with Crippen LogP contribution in [0.5, 0.6) is 0 Å². The summed E-state index contributed by atoms with van der Waals surface area (Å²) in [5, 5.41) is 0. The normalized spacial score (nSPS) is 11.2. The van der Waals surface area contributed by atoms with Crippen molar-refractivity contribution in [3.63, 3.8) is 0 Å². The molecule has 2 aromatic carbocycles. The van der Waals surface area contributed by atoms with Crippen LogP contribution in [0.2, 0.25) is 0 Å². The molecule has 0 aliphatic heterocycles. The van der Waals surface area contributed by atoms with E-state index in [1.807, 2.05) is 24.3 Å². The van der Waals surface area contributed by atoms with E-state index >= 15 is 0 Å². The molecule has 0 spiro atoms. The van der Waals surface area contributed by atoms with E-state index in [9.17, 15) is 4.39 Å². The molecule has 3 aromatic rings. The molecule has 0 fully saturated rings. The Labute approximate surface area is 143 Å². The van der Waals surface area contributed by atoms with Crippen LogP contribution in [0.15, 0.2) is 48.5 Å². The van der Waals surface area contributed by atoms with Gasteiger partial charge in [0.1, 0.15) is 11.6 Å². The van der Waals surface area contributed by atoms with Gasteiger partial charge in [-0.1, -0.05) is 51.2 Å². The van der Waals surface area contributed by atoms with Crippen LogP contribution in [-0.2, 0) is 6.54 Å². The summed E-state index contributed by atoms with van der Waals surface area (Å²) in [6.07, 6.45) is 7.63. The molecule has 24 heavy (non-hydrogen) atoms. The summed E-state index contributed by atoms with van der Waals surface area (Å²) < 4.78 is 15.5. The highest BCUT2D eigenvalue weighted by molar-refractivity contribution is 5.80. The maximum atomic E-state index is 13.2. The van der Waals surface area contributed by atoms with Gasteiger partial charge in [-0.15, -0.1) is 0 Å². The maximum Gasteiger partial charge on any atom is 0.141 e. The average Bonchev–Trinajstić information content (AvgIpc) is 2.97. The quantitative estimate of drug-likeness (QED) is 0.451. The standard InChI is InChI=1S/C21H25FN2/c1-2-3-4-5-6-9-16-24-20-11-8-7-10-19(20)23-21(24)17-12-14-18(22)15-13-17/h7-8,10-15H,2-6,9,16H2,1H3. The van der Waals surface area contributed by atoms with Gasteiger partial charge in [-0.2, -0.15) is 0 Å². The Bertz CT molecular complexity index is 774. The number of para-hydroxylation sites is 2. The number of hydrogen-bond acceptors (Lipinski definition) is 1. The lowest BCUT2D eigenvalue weighted by atomic mass is 10.1. The van der Waals surface area contributed by atoms with E-state index < -0.39 is 0 Å². The van der Waals surface area contributed by atoms with Crippen LogP contribution in [0.1, 0.15) is 45.4 Å². The summed E-state index contributed by atoms with van der Waals surface area (Å²) >= 11 is 0. The van der Waals surface area contributed by atoms with Crippen LogP contribution in [0.25, 0.3) is 22.4 Å². The number of aryl methyl sites for hydroxylation is 1. The van der Waals surface area contributed by atoms with Crippen molar-refractivity contribution < 1.29 is 4.39 Å². The zero-order valence-corrected chi connectivity index (χ0v) is 14.3. The predicted molar refractivity (Wildman–Crippen MR) is 98.5 cm³/mol. The molecule has 3 rings (SSSR count). The van der Waals surface area contributed by atoms with Crippen molar-refractivity contribution in [1.29, 1.82) is 0 Å². The van der Waals surface area contributed by atoms with E-state index in [1.165, 1.54) is 44.2 Å². The van der Waals surface area contributed by atoms with Gasteiger partial charge in [0.05, 0.1) is 11.0 Å². The third-order valence-corrected chi connectivity index (χ3v) is 4.49. The Morgan fingerprint density at radius 1 is 0.875 bits per heavy atom. The Morgan fingerprint density at radius 3 is 2.38 bits per heavy atom. The summed E-state index contributed by atoms with van der Waals surface area (Å²) in [5.74, 6) is 0.724. The minimum atomic E-state index is -0.211. The number of benzene rings is 2. The lowest BCUT2D eigenvalue weighted by Crippen LogP contribution is -2.01. The fourth-order valence-electron chi connectivity index (χ4n) is 3.17. The average molecular weight is 324 g/mol. The molecule has 0 saturated heterocycles. The van der Waals surface area contributed by atoms with Gasteiger partial charge >= 0.3 is 0 Å². The van der Waals surface area contributed by atoms with Crippen molar-refractivity contribution in [3.05, 3.63) is 54.3 Å². The molecule has 2 nitrogen and oxygen atoms in total.